The number of carbonyl (C=O) groups excluding carboxylic acids is 3. The van der Waals surface area contributed by atoms with Crippen LogP contribution in [0.15, 0.2) is 53.6 Å². The quantitative estimate of drug-likeness (QED) is 0.806. The molecule has 0 saturated carbocycles. The van der Waals surface area contributed by atoms with E-state index in [-0.39, 0.29) is 30.2 Å². The third kappa shape index (κ3) is 4.72. The van der Waals surface area contributed by atoms with E-state index >= 15 is 0 Å². The minimum absolute atomic E-state index is 0.0353. The number of nitrogens with one attached hydrogen (secondary N) is 1. The lowest BCUT2D eigenvalue weighted by molar-refractivity contribution is -0.125. The van der Waals surface area contributed by atoms with Crippen molar-refractivity contribution in [3.63, 3.8) is 0 Å². The van der Waals surface area contributed by atoms with Crippen LogP contribution in [0.3, 0.4) is 0 Å². The fourth-order valence-corrected chi connectivity index (χ4v) is 4.11. The lowest BCUT2D eigenvalue weighted by atomic mass is 10.0. The lowest BCUT2D eigenvalue weighted by Gasteiger charge is -2.33. The first kappa shape index (κ1) is 21.7. The Morgan fingerprint density at radius 3 is 2.44 bits per heavy atom. The molecule has 1 saturated heterocycles. The van der Waals surface area contributed by atoms with E-state index in [0.29, 0.717) is 43.6 Å². The number of hydrogen-bond acceptors (Lipinski definition) is 4. The van der Waals surface area contributed by atoms with Gasteiger partial charge in [-0.25, -0.2) is 5.01 Å². The number of hydrazone groups is 1. The number of nitrogens with zero attached hydrogens (tertiary/aromatic N) is 3. The Labute approximate surface area is 188 Å². The van der Waals surface area contributed by atoms with Crippen molar-refractivity contribution in [3.8, 4) is 0 Å². The fraction of sp³-hybridized carbons (Fsp3) is 0.360. The standard InChI is InChI=1S/C25H28N4O3/c1-17-8-9-18(2)22(16-17)29-23(30)11-10-21(27-29)25(32)28-14-12-20(13-15-28)26-24(31)19-6-4-3-5-7-19/h3-9,16,20H,10-15H2,1-2H3,(H,26,31). The Kier molecular flexibility index (Phi) is 6.35. The predicted molar refractivity (Wildman–Crippen MR) is 124 cm³/mol. The highest BCUT2D eigenvalue weighted by molar-refractivity contribution is 6.40. The molecule has 1 N–H and O–H groups in total. The van der Waals surface area contributed by atoms with Gasteiger partial charge in [0.15, 0.2) is 0 Å². The van der Waals surface area contributed by atoms with E-state index in [4.69, 9.17) is 0 Å². The van der Waals surface area contributed by atoms with Crippen LogP contribution in [0.1, 0.15) is 47.2 Å². The molecule has 2 heterocycles. The smallest absolute Gasteiger partial charge is 0.270 e. The first-order valence-corrected chi connectivity index (χ1v) is 11.1. The van der Waals surface area contributed by atoms with E-state index in [1.807, 2.05) is 50.2 Å². The Bertz CT molecular complexity index is 1060. The number of likely N-dealkylation sites (tertiary alicyclic amines) is 1. The molecule has 7 heteroatoms. The largest absolute Gasteiger partial charge is 0.349 e. The number of anilines is 1. The van der Waals surface area contributed by atoms with Gasteiger partial charge in [-0.1, -0.05) is 30.3 Å². The van der Waals surface area contributed by atoms with Gasteiger partial charge in [-0.2, -0.15) is 5.10 Å². The summed E-state index contributed by atoms with van der Waals surface area (Å²) in [5.41, 5.74) is 3.75. The fourth-order valence-electron chi connectivity index (χ4n) is 4.11. The van der Waals surface area contributed by atoms with Crippen LogP contribution in [-0.4, -0.2) is 47.5 Å². The molecule has 7 nitrogen and oxygen atoms in total. The van der Waals surface area contributed by atoms with Crippen LogP contribution in [0.2, 0.25) is 0 Å². The van der Waals surface area contributed by atoms with Crippen molar-refractivity contribution in [2.24, 2.45) is 5.10 Å². The summed E-state index contributed by atoms with van der Waals surface area (Å²) < 4.78 is 0. The number of hydrogen-bond donors (Lipinski definition) is 1. The molecule has 3 amide bonds. The van der Waals surface area contributed by atoms with Gasteiger partial charge >= 0.3 is 0 Å². The van der Waals surface area contributed by atoms with E-state index in [9.17, 15) is 14.4 Å². The first-order chi connectivity index (χ1) is 15.4. The second kappa shape index (κ2) is 9.34. The molecule has 2 aliphatic heterocycles. The summed E-state index contributed by atoms with van der Waals surface area (Å²) >= 11 is 0. The van der Waals surface area contributed by atoms with Crippen LogP contribution in [0.25, 0.3) is 0 Å². The second-order valence-corrected chi connectivity index (χ2v) is 8.45. The molecule has 0 aliphatic carbocycles. The van der Waals surface area contributed by atoms with Crippen molar-refractivity contribution < 1.29 is 14.4 Å². The molecular formula is C25H28N4O3. The van der Waals surface area contributed by atoms with Gasteiger partial charge in [0, 0.05) is 37.5 Å². The average molecular weight is 433 g/mol. The molecule has 4 rings (SSSR count). The van der Waals surface area contributed by atoms with E-state index in [2.05, 4.69) is 10.4 Å². The van der Waals surface area contributed by atoms with Crippen molar-refractivity contribution in [3.05, 3.63) is 65.2 Å². The molecular weight excluding hydrogens is 404 g/mol. The summed E-state index contributed by atoms with van der Waals surface area (Å²) in [6, 6.07) is 15.0. The molecule has 2 aromatic rings. The van der Waals surface area contributed by atoms with Gasteiger partial charge in [-0.05, 0) is 56.0 Å². The van der Waals surface area contributed by atoms with Crippen molar-refractivity contribution >= 4 is 29.1 Å². The minimum atomic E-state index is -0.124. The van der Waals surface area contributed by atoms with Crippen LogP contribution in [-0.2, 0) is 9.59 Å². The number of aryl methyl sites for hydroxylation is 2. The highest BCUT2D eigenvalue weighted by Gasteiger charge is 2.31. The third-order valence-corrected chi connectivity index (χ3v) is 6.03. The first-order valence-electron chi connectivity index (χ1n) is 11.1. The Morgan fingerprint density at radius 1 is 1.00 bits per heavy atom. The predicted octanol–water partition coefficient (Wildman–Crippen LogP) is 3.21. The van der Waals surface area contributed by atoms with Crippen LogP contribution < -0.4 is 10.3 Å². The van der Waals surface area contributed by atoms with E-state index in [0.717, 1.165) is 16.8 Å². The maximum atomic E-state index is 13.1. The molecule has 0 unspecified atom stereocenters. The van der Waals surface area contributed by atoms with Crippen LogP contribution in [0.4, 0.5) is 5.69 Å². The highest BCUT2D eigenvalue weighted by atomic mass is 16.2. The average Bonchev–Trinajstić information content (AvgIpc) is 2.82. The molecule has 0 atom stereocenters. The Morgan fingerprint density at radius 2 is 1.72 bits per heavy atom. The Balaban J connectivity index is 1.40. The van der Waals surface area contributed by atoms with Gasteiger partial charge in [-0.3, -0.25) is 14.4 Å². The molecule has 0 aromatic heterocycles. The molecule has 2 aliphatic rings. The monoisotopic (exact) mass is 432 g/mol. The van der Waals surface area contributed by atoms with Gasteiger partial charge in [0.2, 0.25) is 5.91 Å². The summed E-state index contributed by atoms with van der Waals surface area (Å²) in [6.45, 7) is 5.00. The molecule has 32 heavy (non-hydrogen) atoms. The van der Waals surface area contributed by atoms with Crippen molar-refractivity contribution in [1.29, 1.82) is 0 Å². The molecule has 1 fully saturated rings. The van der Waals surface area contributed by atoms with Gasteiger partial charge in [0.1, 0.15) is 5.71 Å². The minimum Gasteiger partial charge on any atom is -0.349 e. The maximum Gasteiger partial charge on any atom is 0.270 e. The normalized spacial score (nSPS) is 17.2. The summed E-state index contributed by atoms with van der Waals surface area (Å²) in [4.78, 5) is 39.8. The molecule has 0 spiro atoms. The Hall–Kier alpha value is -3.48. The molecule has 2 aromatic carbocycles. The van der Waals surface area contributed by atoms with Gasteiger partial charge in [0.05, 0.1) is 5.69 Å². The topological polar surface area (TPSA) is 82.1 Å². The maximum absolute atomic E-state index is 13.1. The van der Waals surface area contributed by atoms with Gasteiger partial charge in [-0.15, -0.1) is 0 Å². The van der Waals surface area contributed by atoms with Crippen LogP contribution in [0, 0.1) is 13.8 Å². The number of amides is 3. The molecule has 166 valence electrons. The zero-order chi connectivity index (χ0) is 22.7. The van der Waals surface area contributed by atoms with Gasteiger partial charge < -0.3 is 10.2 Å². The zero-order valence-corrected chi connectivity index (χ0v) is 18.5. The van der Waals surface area contributed by atoms with E-state index in [1.54, 1.807) is 17.0 Å². The number of benzene rings is 2. The lowest BCUT2D eigenvalue weighted by Crippen LogP contribution is -2.49. The number of carbonyl (C=O) groups is 3. The van der Waals surface area contributed by atoms with E-state index in [1.165, 1.54) is 5.01 Å². The molecule has 0 radical (unpaired) electrons. The van der Waals surface area contributed by atoms with Crippen LogP contribution >= 0.6 is 0 Å². The summed E-state index contributed by atoms with van der Waals surface area (Å²) in [5, 5.41) is 8.90. The molecule has 0 bridgehead atoms. The van der Waals surface area contributed by atoms with Crippen molar-refractivity contribution in [2.75, 3.05) is 18.1 Å². The summed E-state index contributed by atoms with van der Waals surface area (Å²) in [5.74, 6) is -0.312. The number of rotatable bonds is 4. The van der Waals surface area contributed by atoms with E-state index < -0.39 is 0 Å². The number of piperidine rings is 1. The summed E-state index contributed by atoms with van der Waals surface area (Å²) in [6.07, 6.45) is 2.00. The van der Waals surface area contributed by atoms with Gasteiger partial charge in [0.25, 0.3) is 11.8 Å². The third-order valence-electron chi connectivity index (χ3n) is 6.03. The second-order valence-electron chi connectivity index (χ2n) is 8.45. The SMILES string of the molecule is Cc1ccc(C)c(N2N=C(C(=O)N3CCC(NC(=O)c4ccccc4)CC3)CCC2=O)c1. The van der Waals surface area contributed by atoms with Crippen molar-refractivity contribution in [2.45, 2.75) is 45.6 Å². The van der Waals surface area contributed by atoms with Crippen LogP contribution in [0.5, 0.6) is 0 Å². The zero-order valence-electron chi connectivity index (χ0n) is 18.5. The summed E-state index contributed by atoms with van der Waals surface area (Å²) in [7, 11) is 0. The highest BCUT2D eigenvalue weighted by Crippen LogP contribution is 2.26. The van der Waals surface area contributed by atoms with Crippen molar-refractivity contribution in [1.82, 2.24) is 10.2 Å².